The Morgan fingerprint density at radius 3 is 2.53 bits per heavy atom. The quantitative estimate of drug-likeness (QED) is 0.786. The number of hydrogen-bond acceptors (Lipinski definition) is 2. The average molecular weight is 233 g/mol. The van der Waals surface area contributed by atoms with Gasteiger partial charge in [0.15, 0.2) is 0 Å². The zero-order chi connectivity index (χ0) is 12.3. The maximum atomic E-state index is 6.02. The van der Waals surface area contributed by atoms with Gasteiger partial charge >= 0.3 is 0 Å². The predicted molar refractivity (Wildman–Crippen MR) is 70.4 cm³/mol. The predicted octanol–water partition coefficient (Wildman–Crippen LogP) is 4.05. The molecule has 94 valence electrons. The molecular formula is C15H23NO. The van der Waals surface area contributed by atoms with Crippen LogP contribution in [0.25, 0.3) is 0 Å². The molecule has 0 N–H and O–H groups in total. The highest BCUT2D eigenvalue weighted by Gasteiger charge is 2.21. The molecule has 1 fully saturated rings. The Bertz CT molecular complexity index is 367. The summed E-state index contributed by atoms with van der Waals surface area (Å²) in [6.45, 7) is 6.41. The first-order chi connectivity index (χ1) is 8.19. The van der Waals surface area contributed by atoms with E-state index in [1.54, 1.807) is 0 Å². The van der Waals surface area contributed by atoms with Crippen molar-refractivity contribution in [3.63, 3.8) is 0 Å². The van der Waals surface area contributed by atoms with Crippen LogP contribution in [0, 0.1) is 19.8 Å². The molecule has 1 aromatic heterocycles. The second kappa shape index (κ2) is 5.52. The summed E-state index contributed by atoms with van der Waals surface area (Å²) in [5.41, 5.74) is 2.30. The van der Waals surface area contributed by atoms with Crippen molar-refractivity contribution in [2.24, 2.45) is 5.92 Å². The summed E-state index contributed by atoms with van der Waals surface area (Å²) < 4.78 is 6.02. The van der Waals surface area contributed by atoms with Crippen LogP contribution in [-0.4, -0.2) is 11.1 Å². The van der Waals surface area contributed by atoms with Gasteiger partial charge in [0.1, 0.15) is 5.75 Å². The summed E-state index contributed by atoms with van der Waals surface area (Å²) in [7, 11) is 0. The lowest BCUT2D eigenvalue weighted by Gasteiger charge is -2.28. The molecule has 1 aromatic rings. The smallest absolute Gasteiger partial charge is 0.138 e. The molecule has 0 aromatic carbocycles. The Kier molecular flexibility index (Phi) is 4.03. The first kappa shape index (κ1) is 12.4. The first-order valence-corrected chi connectivity index (χ1v) is 6.79. The Morgan fingerprint density at radius 2 is 1.94 bits per heavy atom. The number of rotatable bonds is 3. The molecule has 2 rings (SSSR count). The van der Waals surface area contributed by atoms with E-state index in [-0.39, 0.29) is 0 Å². The van der Waals surface area contributed by atoms with Crippen molar-refractivity contribution in [3.8, 4) is 5.75 Å². The molecule has 2 heteroatoms. The zero-order valence-electron chi connectivity index (χ0n) is 11.2. The van der Waals surface area contributed by atoms with Crippen molar-refractivity contribution in [2.45, 2.75) is 59.0 Å². The van der Waals surface area contributed by atoms with Gasteiger partial charge in [-0.2, -0.15) is 0 Å². The van der Waals surface area contributed by atoms with Crippen LogP contribution in [0.3, 0.4) is 0 Å². The molecule has 0 aliphatic heterocycles. The van der Waals surface area contributed by atoms with Crippen molar-refractivity contribution in [3.05, 3.63) is 23.5 Å². The Labute approximate surface area is 104 Å². The normalized spacial score (nSPS) is 24.6. The van der Waals surface area contributed by atoms with E-state index in [1.807, 2.05) is 13.1 Å². The van der Waals surface area contributed by atoms with Crippen molar-refractivity contribution in [2.75, 3.05) is 0 Å². The molecule has 2 nitrogen and oxygen atoms in total. The molecule has 1 heterocycles. The molecule has 0 bridgehead atoms. The minimum Gasteiger partial charge on any atom is -0.489 e. The third-order valence-corrected chi connectivity index (χ3v) is 3.99. The number of hydrogen-bond donors (Lipinski definition) is 0. The highest BCUT2D eigenvalue weighted by atomic mass is 16.5. The summed E-state index contributed by atoms with van der Waals surface area (Å²) in [6.07, 6.45) is 8.61. The van der Waals surface area contributed by atoms with Crippen LogP contribution < -0.4 is 4.74 Å². The van der Waals surface area contributed by atoms with Gasteiger partial charge in [0.05, 0.1) is 12.3 Å². The summed E-state index contributed by atoms with van der Waals surface area (Å²) >= 11 is 0. The van der Waals surface area contributed by atoms with E-state index in [1.165, 1.54) is 37.7 Å². The molecule has 17 heavy (non-hydrogen) atoms. The largest absolute Gasteiger partial charge is 0.489 e. The number of aryl methyl sites for hydroxylation is 2. The molecule has 0 unspecified atom stereocenters. The fraction of sp³-hybridized carbons (Fsp3) is 0.667. The molecule has 0 atom stereocenters. The van der Waals surface area contributed by atoms with Gasteiger partial charge in [0, 0.05) is 5.69 Å². The van der Waals surface area contributed by atoms with Crippen LogP contribution in [0.2, 0.25) is 0 Å². The van der Waals surface area contributed by atoms with E-state index in [2.05, 4.69) is 24.9 Å². The Balaban J connectivity index is 1.91. The van der Waals surface area contributed by atoms with E-state index in [0.29, 0.717) is 6.10 Å². The minimum absolute atomic E-state index is 0.404. The standard InChI is InChI=1S/C15H23NO/c1-4-13-5-7-14(8-6-13)17-15-9-11(2)12(3)16-10-15/h9-10,13-14H,4-8H2,1-3H3/t13-,14-. The first-order valence-electron chi connectivity index (χ1n) is 6.79. The summed E-state index contributed by atoms with van der Waals surface area (Å²) in [5, 5.41) is 0. The van der Waals surface area contributed by atoms with Crippen LogP contribution in [-0.2, 0) is 0 Å². The van der Waals surface area contributed by atoms with E-state index < -0.39 is 0 Å². The van der Waals surface area contributed by atoms with Gasteiger partial charge in [-0.05, 0) is 57.1 Å². The lowest BCUT2D eigenvalue weighted by molar-refractivity contribution is 0.129. The molecule has 1 saturated carbocycles. The fourth-order valence-electron chi connectivity index (χ4n) is 2.53. The molecule has 0 saturated heterocycles. The lowest BCUT2D eigenvalue weighted by atomic mass is 9.86. The average Bonchev–Trinajstić information content (AvgIpc) is 2.35. The van der Waals surface area contributed by atoms with Crippen molar-refractivity contribution in [1.82, 2.24) is 4.98 Å². The van der Waals surface area contributed by atoms with Crippen LogP contribution in [0.5, 0.6) is 5.75 Å². The van der Waals surface area contributed by atoms with Gasteiger partial charge in [-0.3, -0.25) is 4.98 Å². The molecule has 1 aliphatic rings. The van der Waals surface area contributed by atoms with Gasteiger partial charge in [-0.25, -0.2) is 0 Å². The summed E-state index contributed by atoms with van der Waals surface area (Å²) in [5.74, 6) is 1.86. The SMILES string of the molecule is CC[C@H]1CC[C@H](Oc2cnc(C)c(C)c2)CC1. The third-order valence-electron chi connectivity index (χ3n) is 3.99. The second-order valence-corrected chi connectivity index (χ2v) is 5.24. The van der Waals surface area contributed by atoms with E-state index in [9.17, 15) is 0 Å². The van der Waals surface area contributed by atoms with Gasteiger partial charge in [-0.15, -0.1) is 0 Å². The van der Waals surface area contributed by atoms with Gasteiger partial charge in [0.25, 0.3) is 0 Å². The maximum Gasteiger partial charge on any atom is 0.138 e. The van der Waals surface area contributed by atoms with E-state index in [0.717, 1.165) is 17.4 Å². The van der Waals surface area contributed by atoms with E-state index in [4.69, 9.17) is 4.74 Å². The van der Waals surface area contributed by atoms with Crippen molar-refractivity contribution in [1.29, 1.82) is 0 Å². The van der Waals surface area contributed by atoms with Crippen LogP contribution in [0.1, 0.15) is 50.3 Å². The molecule has 1 aliphatic carbocycles. The monoisotopic (exact) mass is 233 g/mol. The third kappa shape index (κ3) is 3.21. The van der Waals surface area contributed by atoms with Gasteiger partial charge in [-0.1, -0.05) is 13.3 Å². The highest BCUT2D eigenvalue weighted by Crippen LogP contribution is 2.29. The lowest BCUT2D eigenvalue weighted by Crippen LogP contribution is -2.24. The number of nitrogens with zero attached hydrogens (tertiary/aromatic N) is 1. The Morgan fingerprint density at radius 1 is 1.24 bits per heavy atom. The zero-order valence-corrected chi connectivity index (χ0v) is 11.2. The Hall–Kier alpha value is -1.05. The van der Waals surface area contributed by atoms with Crippen LogP contribution in [0.4, 0.5) is 0 Å². The number of aromatic nitrogens is 1. The maximum absolute atomic E-state index is 6.02. The summed E-state index contributed by atoms with van der Waals surface area (Å²) in [6, 6.07) is 2.11. The van der Waals surface area contributed by atoms with Crippen molar-refractivity contribution < 1.29 is 4.74 Å². The second-order valence-electron chi connectivity index (χ2n) is 5.24. The van der Waals surface area contributed by atoms with Crippen LogP contribution >= 0.6 is 0 Å². The topological polar surface area (TPSA) is 22.1 Å². The van der Waals surface area contributed by atoms with Gasteiger partial charge < -0.3 is 4.74 Å². The summed E-state index contributed by atoms with van der Waals surface area (Å²) in [4.78, 5) is 4.35. The molecule has 0 radical (unpaired) electrons. The molecule has 0 spiro atoms. The highest BCUT2D eigenvalue weighted by molar-refractivity contribution is 5.27. The fourth-order valence-corrected chi connectivity index (χ4v) is 2.53. The van der Waals surface area contributed by atoms with Crippen molar-refractivity contribution >= 4 is 0 Å². The van der Waals surface area contributed by atoms with Gasteiger partial charge in [0.2, 0.25) is 0 Å². The van der Waals surface area contributed by atoms with Crippen LogP contribution in [0.15, 0.2) is 12.3 Å². The van der Waals surface area contributed by atoms with E-state index >= 15 is 0 Å². The number of pyridine rings is 1. The molecule has 0 amide bonds. The number of ether oxygens (including phenoxy) is 1. The minimum atomic E-state index is 0.404. The molecular weight excluding hydrogens is 210 g/mol.